The van der Waals surface area contributed by atoms with E-state index in [2.05, 4.69) is 53.1 Å². The SMILES string of the molecule is CC1(C)C(c2sc([Si](C)(C)C)c3c2OCCO3)=NN=C1c1sc([Si](C)(C)C)c2c1OCCO2. The van der Waals surface area contributed by atoms with Gasteiger partial charge in [0.25, 0.3) is 0 Å². The number of nitrogens with zero attached hydrogens (tertiary/aromatic N) is 2. The molecule has 0 aromatic carbocycles. The lowest BCUT2D eigenvalue weighted by Crippen LogP contribution is -2.37. The molecule has 10 heteroatoms. The van der Waals surface area contributed by atoms with Crippen LogP contribution in [0.1, 0.15) is 23.6 Å². The van der Waals surface area contributed by atoms with E-state index >= 15 is 0 Å². The van der Waals surface area contributed by atoms with Gasteiger partial charge in [-0.05, 0) is 13.8 Å². The van der Waals surface area contributed by atoms with Crippen LogP contribution in [0.4, 0.5) is 0 Å². The summed E-state index contributed by atoms with van der Waals surface area (Å²) in [5.41, 5.74) is 1.50. The van der Waals surface area contributed by atoms with Gasteiger partial charge < -0.3 is 18.9 Å². The predicted molar refractivity (Wildman–Crippen MR) is 143 cm³/mol. The van der Waals surface area contributed by atoms with Crippen molar-refractivity contribution in [2.45, 2.75) is 53.1 Å². The number of ether oxygens (including phenoxy) is 4. The van der Waals surface area contributed by atoms with E-state index in [1.165, 1.54) is 9.00 Å². The van der Waals surface area contributed by atoms with E-state index in [0.717, 1.165) is 44.2 Å². The van der Waals surface area contributed by atoms with Gasteiger partial charge >= 0.3 is 0 Å². The van der Waals surface area contributed by atoms with Crippen LogP contribution in [0.15, 0.2) is 10.2 Å². The highest BCUT2D eigenvalue weighted by Gasteiger charge is 2.45. The fourth-order valence-corrected chi connectivity index (χ4v) is 11.3. The number of hydrogen-bond acceptors (Lipinski definition) is 8. The maximum Gasteiger partial charge on any atom is 0.181 e. The van der Waals surface area contributed by atoms with Crippen LogP contribution in [0.25, 0.3) is 0 Å². The number of thiophene rings is 2. The van der Waals surface area contributed by atoms with Gasteiger partial charge in [0.2, 0.25) is 0 Å². The molecule has 33 heavy (non-hydrogen) atoms. The van der Waals surface area contributed by atoms with Crippen molar-refractivity contribution in [2.24, 2.45) is 15.6 Å². The summed E-state index contributed by atoms with van der Waals surface area (Å²) in [4.78, 5) is 2.11. The van der Waals surface area contributed by atoms with Gasteiger partial charge in [0.05, 0.1) is 42.7 Å². The van der Waals surface area contributed by atoms with Crippen molar-refractivity contribution >= 4 is 59.2 Å². The van der Waals surface area contributed by atoms with Gasteiger partial charge in [-0.1, -0.05) is 39.3 Å². The lowest BCUT2D eigenvalue weighted by Gasteiger charge is -2.24. The molecule has 0 bridgehead atoms. The van der Waals surface area contributed by atoms with Gasteiger partial charge in [0.1, 0.15) is 26.4 Å². The zero-order chi connectivity index (χ0) is 23.8. The van der Waals surface area contributed by atoms with E-state index in [4.69, 9.17) is 29.2 Å². The highest BCUT2D eigenvalue weighted by molar-refractivity contribution is 7.29. The van der Waals surface area contributed by atoms with Gasteiger partial charge in [-0.15, -0.1) is 22.7 Å². The zero-order valence-electron chi connectivity index (χ0n) is 20.7. The first-order chi connectivity index (χ1) is 15.4. The minimum atomic E-state index is -1.62. The van der Waals surface area contributed by atoms with E-state index in [-0.39, 0.29) is 0 Å². The Kier molecular flexibility index (Phi) is 5.39. The molecule has 5 rings (SSSR count). The fourth-order valence-electron chi connectivity index (χ4n) is 4.32. The van der Waals surface area contributed by atoms with Crippen molar-refractivity contribution in [2.75, 3.05) is 26.4 Å². The molecule has 2 aromatic heterocycles. The van der Waals surface area contributed by atoms with E-state index in [1.54, 1.807) is 22.7 Å². The molecule has 0 amide bonds. The molecule has 178 valence electrons. The van der Waals surface area contributed by atoms with Crippen LogP contribution in [-0.2, 0) is 0 Å². The van der Waals surface area contributed by atoms with Crippen molar-refractivity contribution in [3.63, 3.8) is 0 Å². The molecule has 6 nitrogen and oxygen atoms in total. The summed E-state index contributed by atoms with van der Waals surface area (Å²) < 4.78 is 27.2. The Labute approximate surface area is 205 Å². The molecule has 0 radical (unpaired) electrons. The third-order valence-corrected chi connectivity index (χ3v) is 15.4. The van der Waals surface area contributed by atoms with Crippen LogP contribution in [0.5, 0.6) is 23.0 Å². The van der Waals surface area contributed by atoms with Crippen LogP contribution in [0, 0.1) is 5.41 Å². The number of fused-ring (bicyclic) bond motifs is 2. The van der Waals surface area contributed by atoms with Crippen LogP contribution < -0.4 is 27.9 Å². The fraction of sp³-hybridized carbons (Fsp3) is 0.565. The minimum absolute atomic E-state index is 0.397. The zero-order valence-corrected chi connectivity index (χ0v) is 24.3. The Morgan fingerprint density at radius 3 is 1.27 bits per heavy atom. The Bertz CT molecular complexity index is 1090. The second-order valence-corrected chi connectivity index (χ2v) is 24.0. The normalized spacial score (nSPS) is 19.4. The van der Waals surface area contributed by atoms with Crippen molar-refractivity contribution in [3.05, 3.63) is 9.75 Å². The summed E-state index contributed by atoms with van der Waals surface area (Å²) in [6.45, 7) is 20.8. The standard InChI is InChI=1S/C23H32N2O4S2Si2/c1-23(2)19(17-13-15(28-11-9-26-13)21(30-17)32(3,4)5)24-25-20(23)18-14-16(29-12-10-27-14)22(31-18)33(6,7)8/h9-12H2,1-8H3. The molecule has 0 fully saturated rings. The van der Waals surface area contributed by atoms with E-state index in [0.29, 0.717) is 26.4 Å². The molecule has 2 aromatic rings. The summed E-state index contributed by atoms with van der Waals surface area (Å²) in [5, 5.41) is 9.51. The maximum absolute atomic E-state index is 6.16. The second kappa shape index (κ2) is 7.69. The van der Waals surface area contributed by atoms with Crippen molar-refractivity contribution in [1.29, 1.82) is 0 Å². The molecule has 0 saturated heterocycles. The largest absolute Gasteiger partial charge is 0.485 e. The van der Waals surface area contributed by atoms with Gasteiger partial charge in [0, 0.05) is 9.00 Å². The highest BCUT2D eigenvalue weighted by atomic mass is 32.1. The second-order valence-electron chi connectivity index (χ2n) is 11.3. The van der Waals surface area contributed by atoms with E-state index in [9.17, 15) is 0 Å². The average Bonchev–Trinajstić information content (AvgIpc) is 3.38. The number of hydrogen-bond donors (Lipinski definition) is 0. The first-order valence-corrected chi connectivity index (χ1v) is 20.1. The quantitative estimate of drug-likeness (QED) is 0.550. The third-order valence-electron chi connectivity index (χ3n) is 6.02. The molecule has 5 heterocycles. The van der Waals surface area contributed by atoms with Crippen molar-refractivity contribution in [1.82, 2.24) is 0 Å². The lowest BCUT2D eigenvalue weighted by molar-refractivity contribution is 0.174. The van der Waals surface area contributed by atoms with Crippen LogP contribution >= 0.6 is 22.7 Å². The molecule has 0 N–H and O–H groups in total. The highest BCUT2D eigenvalue weighted by Crippen LogP contribution is 2.48. The Balaban J connectivity index is 1.59. The Morgan fingerprint density at radius 2 is 0.939 bits per heavy atom. The van der Waals surface area contributed by atoms with E-state index < -0.39 is 21.6 Å². The van der Waals surface area contributed by atoms with E-state index in [1.807, 2.05) is 0 Å². The summed E-state index contributed by atoms with van der Waals surface area (Å²) in [7, 11) is -3.23. The van der Waals surface area contributed by atoms with Gasteiger partial charge in [-0.3, -0.25) is 0 Å². The Morgan fingerprint density at radius 1 is 0.606 bits per heavy atom. The van der Waals surface area contributed by atoms with Gasteiger partial charge in [-0.2, -0.15) is 10.2 Å². The van der Waals surface area contributed by atoms with Crippen molar-refractivity contribution in [3.8, 4) is 23.0 Å². The predicted octanol–water partition coefficient (Wildman–Crippen LogP) is 4.68. The topological polar surface area (TPSA) is 61.6 Å². The molecule has 0 unspecified atom stereocenters. The molecular weight excluding hydrogens is 489 g/mol. The average molecular weight is 521 g/mol. The van der Waals surface area contributed by atoms with Crippen molar-refractivity contribution < 1.29 is 18.9 Å². The Hall–Kier alpha value is -1.63. The van der Waals surface area contributed by atoms with Crippen LogP contribution in [0.2, 0.25) is 39.3 Å². The summed E-state index contributed by atoms with van der Waals surface area (Å²) >= 11 is 3.56. The molecular formula is C23H32N2O4S2Si2. The smallest absolute Gasteiger partial charge is 0.181 e. The summed E-state index contributed by atoms with van der Waals surface area (Å²) in [6.07, 6.45) is 0. The molecule has 0 atom stereocenters. The first kappa shape index (κ1) is 23.1. The van der Waals surface area contributed by atoms with Crippen LogP contribution in [0.3, 0.4) is 0 Å². The molecule has 3 aliphatic rings. The summed E-state index contributed by atoms with van der Waals surface area (Å²) in [5.74, 6) is 3.56. The van der Waals surface area contributed by atoms with Gasteiger partial charge in [-0.25, -0.2) is 0 Å². The molecule has 0 spiro atoms. The van der Waals surface area contributed by atoms with Gasteiger partial charge in [0.15, 0.2) is 23.0 Å². The number of rotatable bonds is 4. The molecule has 3 aliphatic heterocycles. The maximum atomic E-state index is 6.16. The molecule has 0 saturated carbocycles. The third kappa shape index (κ3) is 3.69. The van der Waals surface area contributed by atoms with Crippen LogP contribution in [-0.4, -0.2) is 54.0 Å². The monoisotopic (exact) mass is 520 g/mol. The lowest BCUT2D eigenvalue weighted by atomic mass is 9.81. The first-order valence-electron chi connectivity index (χ1n) is 11.4. The summed E-state index contributed by atoms with van der Waals surface area (Å²) in [6, 6.07) is 0. The minimum Gasteiger partial charge on any atom is -0.485 e. The molecule has 0 aliphatic carbocycles.